The van der Waals surface area contributed by atoms with Crippen molar-refractivity contribution in [2.75, 3.05) is 17.2 Å². The van der Waals surface area contributed by atoms with Crippen LogP contribution in [0.25, 0.3) is 11.0 Å². The molecule has 7 nitrogen and oxygen atoms in total. The summed E-state index contributed by atoms with van der Waals surface area (Å²) in [6.07, 6.45) is 2.99. The molecule has 0 aliphatic heterocycles. The Balaban J connectivity index is 1.92. The summed E-state index contributed by atoms with van der Waals surface area (Å²) >= 11 is 5.81. The fourth-order valence-corrected chi connectivity index (χ4v) is 2.23. The summed E-state index contributed by atoms with van der Waals surface area (Å²) in [6, 6.07) is 4.31. The van der Waals surface area contributed by atoms with Gasteiger partial charge in [0, 0.05) is 17.8 Å². The van der Waals surface area contributed by atoms with Crippen LogP contribution in [-0.4, -0.2) is 32.0 Å². The summed E-state index contributed by atoms with van der Waals surface area (Å²) in [6.45, 7) is 4.30. The second kappa shape index (κ2) is 6.73. The second-order valence-corrected chi connectivity index (χ2v) is 6.65. The molecule has 0 unspecified atom stereocenters. The first-order chi connectivity index (χ1) is 11.8. The van der Waals surface area contributed by atoms with Crippen molar-refractivity contribution in [2.45, 2.75) is 19.4 Å². The highest BCUT2D eigenvalue weighted by molar-refractivity contribution is 6.31. The molecule has 1 aromatic carbocycles. The number of hydrogen-bond acceptors (Lipinski definition) is 7. The molecule has 0 aliphatic carbocycles. The van der Waals surface area contributed by atoms with Gasteiger partial charge in [-0.1, -0.05) is 11.6 Å². The van der Waals surface area contributed by atoms with Crippen molar-refractivity contribution in [3.63, 3.8) is 0 Å². The Hall–Kier alpha value is -2.58. The number of rotatable bonds is 5. The van der Waals surface area contributed by atoms with E-state index in [4.69, 9.17) is 17.3 Å². The highest BCUT2D eigenvalue weighted by atomic mass is 35.5. The van der Waals surface area contributed by atoms with E-state index in [0.29, 0.717) is 35.0 Å². The maximum absolute atomic E-state index is 13.3. The maximum Gasteiger partial charge on any atom is 0.223 e. The molecule has 0 saturated carbocycles. The van der Waals surface area contributed by atoms with Gasteiger partial charge in [-0.2, -0.15) is 0 Å². The number of anilines is 3. The summed E-state index contributed by atoms with van der Waals surface area (Å²) in [5.74, 6) is 0.393. The molecule has 0 radical (unpaired) electrons. The molecule has 0 bridgehead atoms. The van der Waals surface area contributed by atoms with Gasteiger partial charge >= 0.3 is 0 Å². The van der Waals surface area contributed by atoms with Crippen molar-refractivity contribution in [1.29, 1.82) is 0 Å². The van der Waals surface area contributed by atoms with Crippen LogP contribution in [0.15, 0.2) is 30.7 Å². The molecule has 3 aromatic rings. The lowest BCUT2D eigenvalue weighted by Crippen LogP contribution is -2.39. The number of halogens is 2. The fraction of sp³-hybridized carbons (Fsp3) is 0.250. The van der Waals surface area contributed by atoms with Crippen molar-refractivity contribution in [3.8, 4) is 0 Å². The van der Waals surface area contributed by atoms with Crippen molar-refractivity contribution in [3.05, 3.63) is 41.6 Å². The first-order valence-corrected chi connectivity index (χ1v) is 7.92. The lowest BCUT2D eigenvalue weighted by Gasteiger charge is -2.18. The largest absolute Gasteiger partial charge is 0.352 e. The summed E-state index contributed by atoms with van der Waals surface area (Å²) in [5.41, 5.74) is 7.23. The van der Waals surface area contributed by atoms with Gasteiger partial charge in [-0.05, 0) is 32.0 Å². The summed E-state index contributed by atoms with van der Waals surface area (Å²) in [4.78, 5) is 17.0. The van der Waals surface area contributed by atoms with E-state index >= 15 is 0 Å². The Labute approximate surface area is 148 Å². The SMILES string of the molecule is CC(C)(N)CNc1ncc2ncnc(Nc3ccc(F)c(Cl)c3)c2n1. The van der Waals surface area contributed by atoms with E-state index in [9.17, 15) is 4.39 Å². The number of aromatic nitrogens is 4. The monoisotopic (exact) mass is 361 g/mol. The van der Waals surface area contributed by atoms with Gasteiger partial charge in [0.25, 0.3) is 0 Å². The van der Waals surface area contributed by atoms with Gasteiger partial charge in [-0.15, -0.1) is 0 Å². The number of nitrogens with zero attached hydrogens (tertiary/aromatic N) is 4. The third-order valence-electron chi connectivity index (χ3n) is 3.26. The average molecular weight is 362 g/mol. The van der Waals surface area contributed by atoms with E-state index in [0.717, 1.165) is 0 Å². The summed E-state index contributed by atoms with van der Waals surface area (Å²) in [5, 5.41) is 6.17. The third-order valence-corrected chi connectivity index (χ3v) is 3.55. The van der Waals surface area contributed by atoms with Gasteiger partial charge in [0.15, 0.2) is 5.82 Å². The average Bonchev–Trinajstić information content (AvgIpc) is 2.56. The van der Waals surface area contributed by atoms with Gasteiger partial charge in [0.1, 0.15) is 23.2 Å². The summed E-state index contributed by atoms with van der Waals surface area (Å²) in [7, 11) is 0. The third kappa shape index (κ3) is 4.28. The van der Waals surface area contributed by atoms with Crippen LogP contribution >= 0.6 is 11.6 Å². The second-order valence-electron chi connectivity index (χ2n) is 6.25. The smallest absolute Gasteiger partial charge is 0.223 e. The zero-order chi connectivity index (χ0) is 18.0. The molecule has 0 aliphatic rings. The standard InChI is InChI=1S/C16H17ClFN7/c1-16(2,19)7-21-15-20-6-12-13(25-15)14(23-8-22-12)24-9-3-4-11(18)10(17)5-9/h3-6,8H,7,19H2,1-2H3,(H,20,21,25)(H,22,23,24). The molecule has 0 amide bonds. The van der Waals surface area contributed by atoms with E-state index in [1.54, 1.807) is 12.3 Å². The number of hydrogen-bond donors (Lipinski definition) is 3. The molecule has 0 spiro atoms. The van der Waals surface area contributed by atoms with Crippen LogP contribution in [-0.2, 0) is 0 Å². The number of nitrogens with one attached hydrogen (secondary N) is 2. The van der Waals surface area contributed by atoms with Crippen molar-refractivity contribution in [2.24, 2.45) is 5.73 Å². The lowest BCUT2D eigenvalue weighted by molar-refractivity contribution is 0.547. The number of benzene rings is 1. The Morgan fingerprint density at radius 3 is 2.76 bits per heavy atom. The van der Waals surface area contributed by atoms with Crippen LogP contribution < -0.4 is 16.4 Å². The lowest BCUT2D eigenvalue weighted by atomic mass is 10.1. The van der Waals surface area contributed by atoms with Crippen LogP contribution in [0.5, 0.6) is 0 Å². The Morgan fingerprint density at radius 2 is 2.04 bits per heavy atom. The van der Waals surface area contributed by atoms with Crippen molar-refractivity contribution < 1.29 is 4.39 Å². The molecular formula is C16H17ClFN7. The molecule has 0 saturated heterocycles. The van der Waals surface area contributed by atoms with E-state index in [1.807, 2.05) is 13.8 Å². The number of nitrogens with two attached hydrogens (primary N) is 1. The van der Waals surface area contributed by atoms with Crippen LogP contribution in [0.4, 0.5) is 21.8 Å². The van der Waals surface area contributed by atoms with E-state index in [-0.39, 0.29) is 5.02 Å². The predicted molar refractivity (Wildman–Crippen MR) is 96.6 cm³/mol. The van der Waals surface area contributed by atoms with Crippen molar-refractivity contribution >= 4 is 40.1 Å². The minimum atomic E-state index is -0.488. The van der Waals surface area contributed by atoms with Gasteiger partial charge in [0.05, 0.1) is 11.2 Å². The van der Waals surface area contributed by atoms with Crippen LogP contribution in [0, 0.1) is 5.82 Å². The minimum Gasteiger partial charge on any atom is -0.352 e. The molecule has 9 heteroatoms. The van der Waals surface area contributed by atoms with E-state index in [2.05, 4.69) is 30.6 Å². The molecule has 130 valence electrons. The molecule has 4 N–H and O–H groups in total. The van der Waals surface area contributed by atoms with Crippen LogP contribution in [0.3, 0.4) is 0 Å². The normalized spacial score (nSPS) is 11.6. The molecule has 3 rings (SSSR count). The molecule has 2 heterocycles. The van der Waals surface area contributed by atoms with Crippen LogP contribution in [0.1, 0.15) is 13.8 Å². The first kappa shape index (κ1) is 17.2. The highest BCUT2D eigenvalue weighted by Gasteiger charge is 2.13. The molecule has 0 atom stereocenters. The van der Waals surface area contributed by atoms with Crippen molar-refractivity contribution in [1.82, 2.24) is 19.9 Å². The molecule has 0 fully saturated rings. The Morgan fingerprint density at radius 1 is 1.24 bits per heavy atom. The van der Waals surface area contributed by atoms with Gasteiger partial charge in [0.2, 0.25) is 5.95 Å². The highest BCUT2D eigenvalue weighted by Crippen LogP contribution is 2.25. The topological polar surface area (TPSA) is 102 Å². The van der Waals surface area contributed by atoms with Gasteiger partial charge in [-0.3, -0.25) is 0 Å². The minimum absolute atomic E-state index is 0.0190. The zero-order valence-corrected chi connectivity index (χ0v) is 14.5. The molecule has 25 heavy (non-hydrogen) atoms. The molecular weight excluding hydrogens is 345 g/mol. The van der Waals surface area contributed by atoms with Gasteiger partial charge < -0.3 is 16.4 Å². The Kier molecular flexibility index (Phi) is 4.65. The predicted octanol–water partition coefficient (Wildman–Crippen LogP) is 3.11. The summed E-state index contributed by atoms with van der Waals surface area (Å²) < 4.78 is 13.3. The van der Waals surface area contributed by atoms with Crippen LogP contribution in [0.2, 0.25) is 5.02 Å². The molecule has 2 aromatic heterocycles. The quantitative estimate of drug-likeness (QED) is 0.641. The zero-order valence-electron chi connectivity index (χ0n) is 13.7. The maximum atomic E-state index is 13.3. The van der Waals surface area contributed by atoms with E-state index < -0.39 is 11.4 Å². The number of fused-ring (bicyclic) bond motifs is 1. The van der Waals surface area contributed by atoms with Gasteiger partial charge in [-0.25, -0.2) is 24.3 Å². The fourth-order valence-electron chi connectivity index (χ4n) is 2.05. The first-order valence-electron chi connectivity index (χ1n) is 7.54. The Bertz CT molecular complexity index is 911. The van der Waals surface area contributed by atoms with E-state index in [1.165, 1.54) is 18.5 Å².